The van der Waals surface area contributed by atoms with Gasteiger partial charge < -0.3 is 16.0 Å². The first kappa shape index (κ1) is 11.0. The molecule has 0 amide bonds. The fourth-order valence-corrected chi connectivity index (χ4v) is 1.90. The van der Waals surface area contributed by atoms with Gasteiger partial charge in [-0.05, 0) is 40.3 Å². The van der Waals surface area contributed by atoms with Gasteiger partial charge in [0.2, 0.25) is 0 Å². The third-order valence-corrected chi connectivity index (χ3v) is 2.73. The lowest BCUT2D eigenvalue weighted by Gasteiger charge is -2.36. The number of nitrogens with two attached hydrogens (primary N) is 1. The Morgan fingerprint density at radius 2 is 2.23 bits per heavy atom. The number of hydrogen-bond donors (Lipinski definition) is 2. The lowest BCUT2D eigenvalue weighted by atomic mass is 10.00. The summed E-state index contributed by atoms with van der Waals surface area (Å²) in [5.74, 6) is 0. The van der Waals surface area contributed by atoms with Gasteiger partial charge >= 0.3 is 0 Å². The second-order valence-corrected chi connectivity index (χ2v) is 4.83. The molecule has 1 saturated heterocycles. The highest BCUT2D eigenvalue weighted by molar-refractivity contribution is 4.86. The summed E-state index contributed by atoms with van der Waals surface area (Å²) in [4.78, 5) is 2.38. The van der Waals surface area contributed by atoms with E-state index in [2.05, 4.69) is 31.1 Å². The molecule has 0 aromatic rings. The molecule has 1 rings (SSSR count). The van der Waals surface area contributed by atoms with Crippen molar-refractivity contribution in [1.82, 2.24) is 10.2 Å². The van der Waals surface area contributed by atoms with E-state index in [1.165, 1.54) is 19.4 Å². The van der Waals surface area contributed by atoms with Crippen LogP contribution in [0.15, 0.2) is 0 Å². The van der Waals surface area contributed by atoms with E-state index in [0.717, 1.165) is 6.54 Å². The monoisotopic (exact) mass is 185 g/mol. The molecule has 1 unspecified atom stereocenters. The molecule has 0 bridgehead atoms. The standard InChI is InChI=1S/C10H23N3/c1-10(2,8-11)12-9-5-4-6-13(3)7-9/h9,12H,4-8,11H2,1-3H3. The third-order valence-electron chi connectivity index (χ3n) is 2.73. The fourth-order valence-electron chi connectivity index (χ4n) is 1.90. The molecule has 0 aromatic carbocycles. The second kappa shape index (κ2) is 4.40. The average molecular weight is 185 g/mol. The maximum absolute atomic E-state index is 5.68. The first-order valence-corrected chi connectivity index (χ1v) is 5.20. The van der Waals surface area contributed by atoms with Crippen molar-refractivity contribution in [3.63, 3.8) is 0 Å². The van der Waals surface area contributed by atoms with Gasteiger partial charge in [-0.2, -0.15) is 0 Å². The summed E-state index contributed by atoms with van der Waals surface area (Å²) >= 11 is 0. The first-order valence-electron chi connectivity index (χ1n) is 5.20. The van der Waals surface area contributed by atoms with Gasteiger partial charge in [0.15, 0.2) is 0 Å². The molecule has 3 heteroatoms. The van der Waals surface area contributed by atoms with Crippen LogP contribution in [0.4, 0.5) is 0 Å². The third kappa shape index (κ3) is 3.63. The fraction of sp³-hybridized carbons (Fsp3) is 1.00. The van der Waals surface area contributed by atoms with E-state index in [-0.39, 0.29) is 5.54 Å². The molecule has 0 saturated carbocycles. The van der Waals surface area contributed by atoms with Crippen LogP contribution in [-0.2, 0) is 0 Å². The highest BCUT2D eigenvalue weighted by atomic mass is 15.2. The normalized spacial score (nSPS) is 26.3. The van der Waals surface area contributed by atoms with Crippen LogP contribution >= 0.6 is 0 Å². The summed E-state index contributed by atoms with van der Waals surface area (Å²) in [7, 11) is 2.18. The van der Waals surface area contributed by atoms with Crippen LogP contribution in [0.5, 0.6) is 0 Å². The Morgan fingerprint density at radius 3 is 2.77 bits per heavy atom. The van der Waals surface area contributed by atoms with Crippen LogP contribution in [0.3, 0.4) is 0 Å². The van der Waals surface area contributed by atoms with Gasteiger partial charge in [-0.15, -0.1) is 0 Å². The van der Waals surface area contributed by atoms with E-state index in [9.17, 15) is 0 Å². The van der Waals surface area contributed by atoms with Gasteiger partial charge in [0, 0.05) is 24.7 Å². The second-order valence-electron chi connectivity index (χ2n) is 4.83. The van der Waals surface area contributed by atoms with Crippen molar-refractivity contribution in [3.8, 4) is 0 Å². The smallest absolute Gasteiger partial charge is 0.0250 e. The molecule has 3 nitrogen and oxygen atoms in total. The topological polar surface area (TPSA) is 41.3 Å². The lowest BCUT2D eigenvalue weighted by molar-refractivity contribution is 0.198. The van der Waals surface area contributed by atoms with Crippen molar-refractivity contribution in [1.29, 1.82) is 0 Å². The number of hydrogen-bond acceptors (Lipinski definition) is 3. The molecule has 3 N–H and O–H groups in total. The van der Waals surface area contributed by atoms with E-state index in [1.807, 2.05) is 0 Å². The molecule has 0 aromatic heterocycles. The summed E-state index contributed by atoms with van der Waals surface area (Å²) in [6.45, 7) is 7.43. The van der Waals surface area contributed by atoms with E-state index in [4.69, 9.17) is 5.73 Å². The average Bonchev–Trinajstić information content (AvgIpc) is 2.03. The molecule has 1 atom stereocenters. The van der Waals surface area contributed by atoms with Gasteiger partial charge in [-0.25, -0.2) is 0 Å². The van der Waals surface area contributed by atoms with Crippen molar-refractivity contribution in [3.05, 3.63) is 0 Å². The molecule has 13 heavy (non-hydrogen) atoms. The Bertz CT molecular complexity index is 156. The Balaban J connectivity index is 2.35. The van der Waals surface area contributed by atoms with Crippen LogP contribution in [0.1, 0.15) is 26.7 Å². The van der Waals surface area contributed by atoms with Gasteiger partial charge in [0.1, 0.15) is 0 Å². The minimum Gasteiger partial charge on any atom is -0.329 e. The molecule has 1 fully saturated rings. The first-order chi connectivity index (χ1) is 6.03. The summed E-state index contributed by atoms with van der Waals surface area (Å²) in [6, 6.07) is 0.622. The molecule has 1 heterocycles. The molecule has 1 aliphatic rings. The van der Waals surface area contributed by atoms with Crippen molar-refractivity contribution in [2.24, 2.45) is 5.73 Å². The van der Waals surface area contributed by atoms with Crippen LogP contribution in [0, 0.1) is 0 Å². The van der Waals surface area contributed by atoms with Crippen molar-refractivity contribution in [2.45, 2.75) is 38.3 Å². The Kier molecular flexibility index (Phi) is 3.71. The Labute approximate surface area is 81.7 Å². The maximum atomic E-state index is 5.68. The SMILES string of the molecule is CN1CCCC(NC(C)(C)CN)C1. The van der Waals surface area contributed by atoms with Crippen LogP contribution in [0.25, 0.3) is 0 Å². The van der Waals surface area contributed by atoms with Gasteiger partial charge in [-0.1, -0.05) is 0 Å². The number of nitrogens with one attached hydrogen (secondary N) is 1. The summed E-state index contributed by atoms with van der Waals surface area (Å²) in [6.07, 6.45) is 2.59. The number of likely N-dealkylation sites (N-methyl/N-ethyl adjacent to an activating group) is 1. The highest BCUT2D eigenvalue weighted by Crippen LogP contribution is 2.11. The summed E-state index contributed by atoms with van der Waals surface area (Å²) in [5.41, 5.74) is 5.77. The van der Waals surface area contributed by atoms with Crippen LogP contribution in [0.2, 0.25) is 0 Å². The molecule has 1 aliphatic heterocycles. The number of piperidine rings is 1. The Morgan fingerprint density at radius 1 is 1.54 bits per heavy atom. The lowest BCUT2D eigenvalue weighted by Crippen LogP contribution is -2.55. The van der Waals surface area contributed by atoms with Gasteiger partial charge in [0.25, 0.3) is 0 Å². The van der Waals surface area contributed by atoms with E-state index in [0.29, 0.717) is 12.6 Å². The molecular formula is C10H23N3. The molecule has 0 aliphatic carbocycles. The predicted octanol–water partition coefficient (Wildman–Crippen LogP) is 0.408. The molecule has 0 spiro atoms. The predicted molar refractivity (Wildman–Crippen MR) is 56.8 cm³/mol. The largest absolute Gasteiger partial charge is 0.329 e. The zero-order valence-corrected chi connectivity index (χ0v) is 9.14. The minimum atomic E-state index is 0.0862. The zero-order valence-electron chi connectivity index (χ0n) is 9.14. The maximum Gasteiger partial charge on any atom is 0.0250 e. The summed E-state index contributed by atoms with van der Waals surface area (Å²) in [5, 5.41) is 3.61. The minimum absolute atomic E-state index is 0.0862. The van der Waals surface area contributed by atoms with E-state index >= 15 is 0 Å². The number of likely N-dealkylation sites (tertiary alicyclic amines) is 1. The van der Waals surface area contributed by atoms with Crippen molar-refractivity contribution >= 4 is 0 Å². The number of rotatable bonds is 3. The van der Waals surface area contributed by atoms with Crippen molar-refractivity contribution < 1.29 is 0 Å². The van der Waals surface area contributed by atoms with Crippen molar-refractivity contribution in [2.75, 3.05) is 26.7 Å². The molecular weight excluding hydrogens is 162 g/mol. The Hall–Kier alpha value is -0.120. The highest BCUT2D eigenvalue weighted by Gasteiger charge is 2.23. The van der Waals surface area contributed by atoms with E-state index < -0.39 is 0 Å². The summed E-state index contributed by atoms with van der Waals surface area (Å²) < 4.78 is 0. The van der Waals surface area contributed by atoms with Gasteiger partial charge in [-0.3, -0.25) is 0 Å². The molecule has 0 radical (unpaired) electrons. The number of nitrogens with zero attached hydrogens (tertiary/aromatic N) is 1. The quantitative estimate of drug-likeness (QED) is 0.669. The van der Waals surface area contributed by atoms with Crippen LogP contribution < -0.4 is 11.1 Å². The van der Waals surface area contributed by atoms with E-state index in [1.54, 1.807) is 0 Å². The van der Waals surface area contributed by atoms with Crippen LogP contribution in [-0.4, -0.2) is 43.2 Å². The zero-order chi connectivity index (χ0) is 9.90. The molecule has 78 valence electrons. The van der Waals surface area contributed by atoms with Gasteiger partial charge in [0.05, 0.1) is 0 Å².